The van der Waals surface area contributed by atoms with Gasteiger partial charge in [0.25, 0.3) is 0 Å². The molecular formula is C67H44N2. The van der Waals surface area contributed by atoms with Crippen LogP contribution in [0.4, 0.5) is 17.1 Å². The van der Waals surface area contributed by atoms with Crippen LogP contribution in [0.15, 0.2) is 267 Å². The van der Waals surface area contributed by atoms with Gasteiger partial charge in [0, 0.05) is 38.9 Å². The molecule has 0 radical (unpaired) electrons. The number of fused-ring (bicyclic) bond motifs is 11. The second-order valence-electron chi connectivity index (χ2n) is 18.4. The second kappa shape index (κ2) is 15.6. The van der Waals surface area contributed by atoms with Gasteiger partial charge in [-0.2, -0.15) is 0 Å². The summed E-state index contributed by atoms with van der Waals surface area (Å²) >= 11 is 0. The van der Waals surface area contributed by atoms with Gasteiger partial charge in [0.05, 0.1) is 16.4 Å². The second-order valence-corrected chi connectivity index (χ2v) is 18.4. The summed E-state index contributed by atoms with van der Waals surface area (Å²) in [6, 6.07) is 98.7. The molecule has 2 nitrogen and oxygen atoms in total. The molecule has 0 bridgehead atoms. The van der Waals surface area contributed by atoms with Gasteiger partial charge in [0.1, 0.15) is 0 Å². The molecule has 0 saturated heterocycles. The molecule has 14 rings (SSSR count). The third-order valence-corrected chi connectivity index (χ3v) is 14.8. The maximum Gasteiger partial charge on any atom is 0.0713 e. The molecule has 1 heterocycles. The van der Waals surface area contributed by atoms with Gasteiger partial charge < -0.3 is 9.47 Å². The predicted octanol–water partition coefficient (Wildman–Crippen LogP) is 17.7. The van der Waals surface area contributed by atoms with E-state index in [1.807, 2.05) is 0 Å². The highest BCUT2D eigenvalue weighted by Crippen LogP contribution is 2.56. The highest BCUT2D eigenvalue weighted by molar-refractivity contribution is 6.27. The van der Waals surface area contributed by atoms with Crippen molar-refractivity contribution in [3.8, 4) is 27.9 Å². The topological polar surface area (TPSA) is 8.17 Å². The Kier molecular flexibility index (Phi) is 8.84. The summed E-state index contributed by atoms with van der Waals surface area (Å²) in [6.45, 7) is 0. The van der Waals surface area contributed by atoms with E-state index in [4.69, 9.17) is 0 Å². The lowest BCUT2D eigenvalue weighted by Crippen LogP contribution is -2.28. The molecule has 1 aromatic heterocycles. The molecule has 0 unspecified atom stereocenters. The number of hydrogen-bond donors (Lipinski definition) is 0. The lowest BCUT2D eigenvalue weighted by molar-refractivity contribution is 0.768. The Balaban J connectivity index is 1.03. The van der Waals surface area contributed by atoms with Crippen molar-refractivity contribution in [3.05, 3.63) is 289 Å². The maximum absolute atomic E-state index is 2.49. The number of aromatic nitrogens is 1. The Bertz CT molecular complexity index is 4070. The van der Waals surface area contributed by atoms with E-state index in [-0.39, 0.29) is 0 Å². The fourth-order valence-corrected chi connectivity index (χ4v) is 11.9. The van der Waals surface area contributed by atoms with Crippen molar-refractivity contribution in [1.29, 1.82) is 0 Å². The summed E-state index contributed by atoms with van der Waals surface area (Å²) in [5.74, 6) is 0. The molecule has 12 aromatic carbocycles. The van der Waals surface area contributed by atoms with Crippen molar-refractivity contribution in [1.82, 2.24) is 4.57 Å². The molecule has 69 heavy (non-hydrogen) atoms. The van der Waals surface area contributed by atoms with E-state index < -0.39 is 5.41 Å². The number of para-hydroxylation sites is 2. The van der Waals surface area contributed by atoms with Gasteiger partial charge in [-0.15, -0.1) is 0 Å². The number of anilines is 3. The minimum atomic E-state index is -0.477. The van der Waals surface area contributed by atoms with Gasteiger partial charge in [0.15, 0.2) is 0 Å². The van der Waals surface area contributed by atoms with Crippen LogP contribution < -0.4 is 4.90 Å². The van der Waals surface area contributed by atoms with Gasteiger partial charge >= 0.3 is 0 Å². The largest absolute Gasteiger partial charge is 0.310 e. The molecule has 0 N–H and O–H groups in total. The zero-order chi connectivity index (χ0) is 45.5. The Morgan fingerprint density at radius 2 is 0.797 bits per heavy atom. The van der Waals surface area contributed by atoms with E-state index in [1.165, 1.54) is 93.1 Å². The Morgan fingerprint density at radius 1 is 0.304 bits per heavy atom. The molecule has 322 valence electrons. The van der Waals surface area contributed by atoms with Crippen LogP contribution >= 0.6 is 0 Å². The molecule has 0 amide bonds. The first kappa shape index (κ1) is 39.2. The molecule has 13 aromatic rings. The molecule has 0 fully saturated rings. The van der Waals surface area contributed by atoms with Crippen LogP contribution in [0.25, 0.3) is 82.1 Å². The molecule has 1 aliphatic carbocycles. The fraction of sp³-hybridized carbons (Fsp3) is 0.0149. The van der Waals surface area contributed by atoms with E-state index in [9.17, 15) is 0 Å². The highest BCUT2D eigenvalue weighted by Gasteiger charge is 2.45. The van der Waals surface area contributed by atoms with Crippen molar-refractivity contribution in [3.63, 3.8) is 0 Å². The van der Waals surface area contributed by atoms with Crippen molar-refractivity contribution >= 4 is 71.2 Å². The van der Waals surface area contributed by atoms with Gasteiger partial charge in [-0.1, -0.05) is 200 Å². The minimum absolute atomic E-state index is 0.477. The molecule has 1 aliphatic rings. The number of nitrogens with zero attached hydrogens (tertiary/aromatic N) is 2. The quantitative estimate of drug-likeness (QED) is 0.145. The van der Waals surface area contributed by atoms with Gasteiger partial charge in [-0.25, -0.2) is 0 Å². The molecule has 0 saturated carbocycles. The third-order valence-electron chi connectivity index (χ3n) is 14.8. The molecule has 0 aliphatic heterocycles. The maximum atomic E-state index is 2.49. The van der Waals surface area contributed by atoms with Crippen LogP contribution in [0.5, 0.6) is 0 Å². The average Bonchev–Trinajstić information content (AvgIpc) is 3.93. The lowest BCUT2D eigenvalue weighted by Gasteiger charge is -2.34. The average molecular weight is 877 g/mol. The zero-order valence-corrected chi connectivity index (χ0v) is 37.8. The molecule has 2 heteroatoms. The van der Waals surface area contributed by atoms with Crippen LogP contribution in [0.2, 0.25) is 0 Å². The highest BCUT2D eigenvalue weighted by atomic mass is 15.1. The fourth-order valence-electron chi connectivity index (χ4n) is 11.9. The van der Waals surface area contributed by atoms with E-state index in [0.717, 1.165) is 28.3 Å². The Morgan fingerprint density at radius 3 is 1.49 bits per heavy atom. The Labute approximate surface area is 401 Å². The van der Waals surface area contributed by atoms with Crippen molar-refractivity contribution in [2.24, 2.45) is 0 Å². The minimum Gasteiger partial charge on any atom is -0.310 e. The van der Waals surface area contributed by atoms with Crippen molar-refractivity contribution in [2.45, 2.75) is 5.41 Å². The van der Waals surface area contributed by atoms with Gasteiger partial charge in [0.2, 0.25) is 0 Å². The first-order valence-electron chi connectivity index (χ1n) is 23.9. The van der Waals surface area contributed by atoms with Crippen LogP contribution in [-0.2, 0) is 5.41 Å². The van der Waals surface area contributed by atoms with Crippen molar-refractivity contribution in [2.75, 3.05) is 4.90 Å². The summed E-state index contributed by atoms with van der Waals surface area (Å²) in [6.07, 6.45) is 0. The first-order chi connectivity index (χ1) is 34.3. The SMILES string of the molecule is c1ccc(N(c2ccc(C3(c4ccccc4)c4ccccc4-c4ccccc43)cc2)c2ccc3c(c2)c2c(-c4cc5ccccc5c5ccccc45)cc4ccccc4c2n3-c2ccccc2)cc1. The summed E-state index contributed by atoms with van der Waals surface area (Å²) in [5.41, 5.74) is 16.5. The summed E-state index contributed by atoms with van der Waals surface area (Å²) in [5, 5.41) is 9.88. The third kappa shape index (κ3) is 5.86. The monoisotopic (exact) mass is 876 g/mol. The standard InChI is InChI=1S/C67H44N2/c1-4-22-47(23-5-1)67(62-34-18-16-32-57(62)58-33-17-19-35-63(58)67)48-36-38-51(39-37-48)68(49-24-6-2-7-25-49)52-40-41-64-61(44-52)65-60(59-42-45-20-10-12-28-53(45)55-30-14-15-31-56(55)59)43-46-21-11-13-29-54(46)66(65)69(64)50-26-8-3-9-27-50/h1-44H. The Hall–Kier alpha value is -8.98. The number of rotatable bonds is 7. The number of benzene rings is 12. The molecule has 0 spiro atoms. The molecular weight excluding hydrogens is 833 g/mol. The van der Waals surface area contributed by atoms with E-state index >= 15 is 0 Å². The normalized spacial score (nSPS) is 12.8. The van der Waals surface area contributed by atoms with E-state index in [1.54, 1.807) is 0 Å². The van der Waals surface area contributed by atoms with Gasteiger partial charge in [-0.3, -0.25) is 0 Å². The van der Waals surface area contributed by atoms with Crippen LogP contribution in [0, 0.1) is 0 Å². The summed E-state index contributed by atoms with van der Waals surface area (Å²) < 4.78 is 2.49. The van der Waals surface area contributed by atoms with E-state index in [2.05, 4.69) is 276 Å². The smallest absolute Gasteiger partial charge is 0.0713 e. The van der Waals surface area contributed by atoms with Crippen LogP contribution in [0.3, 0.4) is 0 Å². The summed E-state index contributed by atoms with van der Waals surface area (Å²) in [4.78, 5) is 2.42. The first-order valence-corrected chi connectivity index (χ1v) is 23.9. The van der Waals surface area contributed by atoms with Gasteiger partial charge in [-0.05, 0) is 138 Å². The van der Waals surface area contributed by atoms with E-state index in [0.29, 0.717) is 0 Å². The summed E-state index contributed by atoms with van der Waals surface area (Å²) in [7, 11) is 0. The van der Waals surface area contributed by atoms with Crippen LogP contribution in [0.1, 0.15) is 22.3 Å². The predicted molar refractivity (Wildman–Crippen MR) is 291 cm³/mol. The van der Waals surface area contributed by atoms with Crippen molar-refractivity contribution < 1.29 is 0 Å². The van der Waals surface area contributed by atoms with Crippen LogP contribution in [-0.4, -0.2) is 4.57 Å². The lowest BCUT2D eigenvalue weighted by atomic mass is 9.68. The zero-order valence-electron chi connectivity index (χ0n) is 37.8. The molecule has 0 atom stereocenters. The number of hydrogen-bond acceptors (Lipinski definition) is 1.